The van der Waals surface area contributed by atoms with Crippen LogP contribution in [0.2, 0.25) is 0 Å². The van der Waals surface area contributed by atoms with E-state index in [0.29, 0.717) is 22.3 Å². The molecule has 0 amide bonds. The van der Waals surface area contributed by atoms with Gasteiger partial charge in [0.05, 0.1) is 0 Å². The van der Waals surface area contributed by atoms with Gasteiger partial charge in [-0.05, 0) is 28.3 Å². The molecule has 0 aromatic heterocycles. The normalized spacial score (nSPS) is 11.5. The number of halogens is 1. The van der Waals surface area contributed by atoms with E-state index in [9.17, 15) is 19.1 Å². The van der Waals surface area contributed by atoms with Gasteiger partial charge in [0.25, 0.3) is 10.1 Å². The van der Waals surface area contributed by atoms with Gasteiger partial charge in [-0.15, -0.1) is 0 Å². The van der Waals surface area contributed by atoms with Crippen molar-refractivity contribution in [2.45, 2.75) is 4.90 Å². The van der Waals surface area contributed by atoms with Gasteiger partial charge < -0.3 is 0 Å². The second-order valence-corrected chi connectivity index (χ2v) is 10.5. The fourth-order valence-electron chi connectivity index (χ4n) is 3.59. The largest absolute Gasteiger partial charge is 0.342 e. The highest BCUT2D eigenvalue weighted by Crippen LogP contribution is 2.46. The van der Waals surface area contributed by atoms with Crippen LogP contribution >= 0.6 is 19.8 Å². The van der Waals surface area contributed by atoms with E-state index in [1.54, 1.807) is 66.7 Å². The van der Waals surface area contributed by atoms with E-state index >= 15 is 0 Å². The van der Waals surface area contributed by atoms with Crippen molar-refractivity contribution in [3.05, 3.63) is 101 Å². The zero-order valence-corrected chi connectivity index (χ0v) is 19.1. The Hall–Kier alpha value is -2.88. The van der Waals surface area contributed by atoms with Crippen molar-refractivity contribution >= 4 is 29.9 Å². The van der Waals surface area contributed by atoms with Crippen molar-refractivity contribution in [3.63, 3.8) is 0 Å². The molecule has 7 heteroatoms. The molecule has 0 saturated heterocycles. The maximum Gasteiger partial charge on any atom is 0.342 e. The fourth-order valence-corrected chi connectivity index (χ4v) is 7.29. The minimum atomic E-state index is -4.88. The highest BCUT2D eigenvalue weighted by atomic mass is 127. The van der Waals surface area contributed by atoms with E-state index in [4.69, 9.17) is 0 Å². The van der Waals surface area contributed by atoms with Crippen molar-refractivity contribution in [1.29, 1.82) is 0 Å². The maximum absolute atomic E-state index is 12.6. The molecule has 0 aliphatic carbocycles. The number of hydrogen-bond donors (Lipinski definition) is 1. The second kappa shape index (κ2) is 8.70. The van der Waals surface area contributed by atoms with Crippen LogP contribution in [-0.4, -0.2) is 13.0 Å². The summed E-state index contributed by atoms with van der Waals surface area (Å²) in [5, 5.41) is 0. The zero-order valence-electron chi connectivity index (χ0n) is 16.1. The molecule has 31 heavy (non-hydrogen) atoms. The standard InChI is InChI=1S/C24H17IO5S/c26-25(27)23-21(18-12-6-2-7-13-18)16-20(17-10-4-1-5-11-17)22(24(23)31(28,29)30)19-14-8-3-9-15-19/h1-16H,(H,28,29,30). The molecule has 0 aliphatic heterocycles. The third-order valence-corrected chi connectivity index (χ3v) is 8.16. The van der Waals surface area contributed by atoms with E-state index in [1.165, 1.54) is 0 Å². The fraction of sp³-hybridized carbons (Fsp3) is 0. The van der Waals surface area contributed by atoms with Crippen molar-refractivity contribution in [2.75, 3.05) is 0 Å². The summed E-state index contributed by atoms with van der Waals surface area (Å²) in [6, 6.07) is 28.1. The molecule has 0 saturated carbocycles. The maximum atomic E-state index is 12.6. The summed E-state index contributed by atoms with van der Waals surface area (Å²) in [6.45, 7) is 0. The SMILES string of the molecule is O=I(=O)c1c(-c2ccccc2)cc(-c2ccccc2)c(-c2ccccc2)c1S(=O)(=O)O. The minimum Gasteiger partial charge on any atom is -0.282 e. The average molecular weight is 544 g/mol. The number of rotatable bonds is 5. The molecule has 4 aromatic carbocycles. The predicted molar refractivity (Wildman–Crippen MR) is 127 cm³/mol. The van der Waals surface area contributed by atoms with E-state index in [1.807, 2.05) is 30.3 Å². The van der Waals surface area contributed by atoms with Gasteiger partial charge in [-0.2, -0.15) is 8.42 Å². The van der Waals surface area contributed by atoms with Gasteiger partial charge in [0.2, 0.25) is 0 Å². The molecule has 4 rings (SSSR count). The Morgan fingerprint density at radius 1 is 0.613 bits per heavy atom. The van der Waals surface area contributed by atoms with Crippen LogP contribution in [0.4, 0.5) is 0 Å². The van der Waals surface area contributed by atoms with E-state index in [0.717, 1.165) is 0 Å². The van der Waals surface area contributed by atoms with Crippen LogP contribution in [-0.2, 0) is 16.3 Å². The molecular weight excluding hydrogens is 527 g/mol. The topological polar surface area (TPSA) is 88.5 Å². The van der Waals surface area contributed by atoms with Crippen molar-refractivity contribution in [1.82, 2.24) is 0 Å². The van der Waals surface area contributed by atoms with Gasteiger partial charge in [0.1, 0.15) is 8.47 Å². The van der Waals surface area contributed by atoms with Gasteiger partial charge >= 0.3 is 19.8 Å². The van der Waals surface area contributed by atoms with Crippen molar-refractivity contribution < 1.29 is 19.1 Å². The highest BCUT2D eigenvalue weighted by Gasteiger charge is 2.30. The first-order valence-corrected chi connectivity index (χ1v) is 13.6. The Morgan fingerprint density at radius 3 is 1.45 bits per heavy atom. The lowest BCUT2D eigenvalue weighted by Gasteiger charge is -2.19. The van der Waals surface area contributed by atoms with Crippen LogP contribution < -0.4 is 0 Å². The lowest BCUT2D eigenvalue weighted by molar-refractivity contribution is 0.483. The Kier molecular flexibility index (Phi) is 5.99. The summed E-state index contributed by atoms with van der Waals surface area (Å²) in [5.74, 6) is 0. The smallest absolute Gasteiger partial charge is 0.282 e. The van der Waals surface area contributed by atoms with E-state index in [-0.39, 0.29) is 14.7 Å². The molecule has 0 aliphatic rings. The lowest BCUT2D eigenvalue weighted by Crippen LogP contribution is -2.07. The van der Waals surface area contributed by atoms with Crippen molar-refractivity contribution in [2.24, 2.45) is 0 Å². The van der Waals surface area contributed by atoms with Crippen LogP contribution in [0.25, 0.3) is 33.4 Å². The van der Waals surface area contributed by atoms with Crippen LogP contribution in [0.1, 0.15) is 0 Å². The van der Waals surface area contributed by atoms with E-state index < -0.39 is 34.8 Å². The van der Waals surface area contributed by atoms with Crippen LogP contribution in [0, 0.1) is 3.57 Å². The Labute approximate surface area is 187 Å². The Balaban J connectivity index is 2.27. The van der Waals surface area contributed by atoms with Crippen LogP contribution in [0.15, 0.2) is 102 Å². The molecule has 0 fully saturated rings. The molecule has 0 unspecified atom stereocenters. The Bertz CT molecular complexity index is 1410. The molecule has 4 aromatic rings. The summed E-state index contributed by atoms with van der Waals surface area (Å²) in [7, 11) is -4.88. The summed E-state index contributed by atoms with van der Waals surface area (Å²) in [5.41, 5.74) is 2.67. The zero-order chi connectivity index (χ0) is 22.0. The predicted octanol–water partition coefficient (Wildman–Crippen LogP) is 6.30. The summed E-state index contributed by atoms with van der Waals surface area (Å²) < 4.78 is 60.0. The molecule has 0 bridgehead atoms. The highest BCUT2D eigenvalue weighted by molar-refractivity contribution is 14.2. The summed E-state index contributed by atoms with van der Waals surface area (Å²) in [4.78, 5) is -0.575. The number of benzene rings is 4. The third-order valence-electron chi connectivity index (χ3n) is 4.87. The van der Waals surface area contributed by atoms with Gasteiger partial charge in [-0.25, -0.2) is 6.14 Å². The van der Waals surface area contributed by atoms with Crippen LogP contribution in [0.3, 0.4) is 0 Å². The number of hydrogen-bond acceptors (Lipinski definition) is 4. The first-order chi connectivity index (χ1) is 14.9. The first-order valence-electron chi connectivity index (χ1n) is 9.28. The van der Waals surface area contributed by atoms with Crippen molar-refractivity contribution in [3.8, 4) is 33.4 Å². The quantitative estimate of drug-likeness (QED) is 0.235. The molecule has 1 N–H and O–H groups in total. The molecule has 156 valence electrons. The first kappa shape index (κ1) is 21.4. The van der Waals surface area contributed by atoms with Gasteiger partial charge in [0.15, 0.2) is 0 Å². The summed E-state index contributed by atoms with van der Waals surface area (Å²) in [6.07, 6.45) is 0. The summed E-state index contributed by atoms with van der Waals surface area (Å²) >= 11 is -4.38. The third kappa shape index (κ3) is 4.30. The van der Waals surface area contributed by atoms with Gasteiger partial charge in [0, 0.05) is 11.1 Å². The Morgan fingerprint density at radius 2 is 1.03 bits per heavy atom. The molecule has 5 nitrogen and oxygen atoms in total. The second-order valence-electron chi connectivity index (χ2n) is 6.78. The van der Waals surface area contributed by atoms with Crippen LogP contribution in [0.5, 0.6) is 0 Å². The molecule has 0 radical (unpaired) electrons. The van der Waals surface area contributed by atoms with Gasteiger partial charge in [-0.1, -0.05) is 91.0 Å². The molecular formula is C24H17IO5S. The molecule has 0 atom stereocenters. The van der Waals surface area contributed by atoms with Gasteiger partial charge in [-0.3, -0.25) is 4.55 Å². The van der Waals surface area contributed by atoms with E-state index in [2.05, 4.69) is 0 Å². The minimum absolute atomic E-state index is 0.165. The lowest BCUT2D eigenvalue weighted by atomic mass is 9.91. The molecule has 0 heterocycles. The average Bonchev–Trinajstić information content (AvgIpc) is 2.78. The molecule has 0 spiro atoms. The monoisotopic (exact) mass is 544 g/mol.